The van der Waals surface area contributed by atoms with Crippen LogP contribution in [0.4, 0.5) is 0 Å². The fourth-order valence-corrected chi connectivity index (χ4v) is 2.24. The van der Waals surface area contributed by atoms with Gasteiger partial charge < -0.3 is 5.11 Å². The van der Waals surface area contributed by atoms with Gasteiger partial charge in [-0.05, 0) is 40.1 Å². The van der Waals surface area contributed by atoms with Gasteiger partial charge in [-0.25, -0.2) is 4.79 Å². The van der Waals surface area contributed by atoms with E-state index in [4.69, 9.17) is 5.11 Å². The minimum absolute atomic E-state index is 0. The Kier molecular flexibility index (Phi) is 5.56. The fourth-order valence-electron chi connectivity index (χ4n) is 2.24. The van der Waals surface area contributed by atoms with Crippen molar-refractivity contribution in [3.63, 3.8) is 0 Å². The molecule has 0 aliphatic carbocycles. The normalized spacial score (nSPS) is 10.5. The molecule has 0 saturated heterocycles. The van der Waals surface area contributed by atoms with E-state index < -0.39 is 5.97 Å². The van der Waals surface area contributed by atoms with E-state index in [0.717, 1.165) is 11.1 Å². The summed E-state index contributed by atoms with van der Waals surface area (Å²) in [5.74, 6) is -0.903. The molecule has 0 saturated carbocycles. The number of carboxylic acids is 1. The van der Waals surface area contributed by atoms with E-state index in [1.165, 1.54) is 10.8 Å². The number of benzene rings is 3. The summed E-state index contributed by atoms with van der Waals surface area (Å²) in [7, 11) is 0. The topological polar surface area (TPSA) is 37.3 Å². The van der Waals surface area contributed by atoms with Gasteiger partial charge in [0.25, 0.3) is 0 Å². The number of aromatic carboxylic acids is 1. The van der Waals surface area contributed by atoms with Crippen LogP contribution in [-0.2, 0) is 0 Å². The van der Waals surface area contributed by atoms with Crippen molar-refractivity contribution in [3.8, 4) is 0 Å². The molecule has 3 aromatic rings. The molecule has 3 aromatic carbocycles. The maximum atomic E-state index is 10.8. The first-order valence-electron chi connectivity index (χ1n) is 6.73. The van der Waals surface area contributed by atoms with E-state index >= 15 is 0 Å². The van der Waals surface area contributed by atoms with Crippen LogP contribution < -0.4 is 0 Å². The van der Waals surface area contributed by atoms with Gasteiger partial charge in [0.05, 0.1) is 5.56 Å². The molecule has 0 radical (unpaired) electrons. The summed E-state index contributed by atoms with van der Waals surface area (Å²) in [6, 6.07) is 21.4. The van der Waals surface area contributed by atoms with E-state index in [1.807, 2.05) is 24.3 Å². The third kappa shape index (κ3) is 3.86. The van der Waals surface area contributed by atoms with Gasteiger partial charge in [0.15, 0.2) is 0 Å². The zero-order valence-corrected chi connectivity index (χ0v) is 11.4. The number of hydrogen-bond acceptors (Lipinski definition) is 1. The molecule has 0 atom stereocenters. The number of hydrogen-bond donors (Lipinski definition) is 1. The Bertz CT molecular complexity index is 820. The Morgan fingerprint density at radius 1 is 0.773 bits per heavy atom. The Morgan fingerprint density at radius 3 is 2.05 bits per heavy atom. The summed E-state index contributed by atoms with van der Waals surface area (Å²) in [4.78, 5) is 10.8. The Hall–Kier alpha value is -1.87. The van der Waals surface area contributed by atoms with Gasteiger partial charge in [-0.3, -0.25) is 0 Å². The quantitative estimate of drug-likeness (QED) is 0.585. The van der Waals surface area contributed by atoms with Crippen molar-refractivity contribution >= 4 is 58.5 Å². The number of carboxylic acid groups (broad SMARTS) is 1. The van der Waals surface area contributed by atoms with E-state index in [0.29, 0.717) is 5.56 Å². The van der Waals surface area contributed by atoms with Crippen LogP contribution >= 0.6 is 0 Å². The molecule has 22 heavy (non-hydrogen) atoms. The van der Waals surface area contributed by atoms with Crippen LogP contribution in [0, 0.1) is 0 Å². The zero-order chi connectivity index (χ0) is 14.7. The van der Waals surface area contributed by atoms with Crippen molar-refractivity contribution in [1.82, 2.24) is 0 Å². The number of rotatable bonds is 3. The fraction of sp³-hybridized carbons (Fsp3) is 0. The molecule has 1 N–H and O–H groups in total. The summed E-state index contributed by atoms with van der Waals surface area (Å²) in [6.45, 7) is 0. The average molecular weight is 298 g/mol. The SMILES string of the molecule is O=C(O)c1ccc(/C=C/c2ccc3ccccc3c2)cc1.[NaH]. The molecule has 0 amide bonds. The molecular weight excluding hydrogens is 283 g/mol. The standard InChI is InChI=1S/C19H14O2.Na.H/c20-19(21)17-11-7-14(8-12-17)5-6-15-9-10-16-3-1-2-4-18(16)13-15;;/h1-13H,(H,20,21);;/b6-5+;;. The molecule has 2 nitrogen and oxygen atoms in total. The van der Waals surface area contributed by atoms with E-state index in [1.54, 1.807) is 24.3 Å². The van der Waals surface area contributed by atoms with Crippen LogP contribution in [0.5, 0.6) is 0 Å². The maximum absolute atomic E-state index is 10.8. The van der Waals surface area contributed by atoms with Crippen molar-refractivity contribution in [2.45, 2.75) is 0 Å². The number of carbonyl (C=O) groups is 1. The van der Waals surface area contributed by atoms with Crippen LogP contribution in [-0.4, -0.2) is 40.6 Å². The monoisotopic (exact) mass is 298 g/mol. The summed E-state index contributed by atoms with van der Waals surface area (Å²) >= 11 is 0. The molecule has 104 valence electrons. The molecule has 0 bridgehead atoms. The summed E-state index contributed by atoms with van der Waals surface area (Å²) < 4.78 is 0. The first-order valence-corrected chi connectivity index (χ1v) is 6.73. The minimum atomic E-state index is -0.903. The third-order valence-corrected chi connectivity index (χ3v) is 3.40. The van der Waals surface area contributed by atoms with Gasteiger partial charge in [0.1, 0.15) is 0 Å². The summed E-state index contributed by atoms with van der Waals surface area (Å²) in [5, 5.41) is 11.3. The molecular formula is C19H15NaO2. The second-order valence-corrected chi connectivity index (χ2v) is 4.87. The first-order chi connectivity index (χ1) is 10.2. The van der Waals surface area contributed by atoms with Crippen molar-refractivity contribution in [3.05, 3.63) is 83.4 Å². The van der Waals surface area contributed by atoms with Crippen LogP contribution in [0.3, 0.4) is 0 Å². The van der Waals surface area contributed by atoms with Crippen molar-refractivity contribution in [2.24, 2.45) is 0 Å². The second kappa shape index (κ2) is 7.41. The molecule has 0 spiro atoms. The van der Waals surface area contributed by atoms with Crippen LogP contribution in [0.15, 0.2) is 66.7 Å². The molecule has 0 aliphatic rings. The van der Waals surface area contributed by atoms with Crippen molar-refractivity contribution in [2.75, 3.05) is 0 Å². The first kappa shape index (κ1) is 16.5. The predicted molar refractivity (Wildman–Crippen MR) is 93.4 cm³/mol. The van der Waals surface area contributed by atoms with E-state index in [-0.39, 0.29) is 29.6 Å². The zero-order valence-electron chi connectivity index (χ0n) is 11.4. The molecule has 3 heteroatoms. The molecule has 0 fully saturated rings. The van der Waals surface area contributed by atoms with Crippen LogP contribution in [0.25, 0.3) is 22.9 Å². The third-order valence-electron chi connectivity index (χ3n) is 3.40. The van der Waals surface area contributed by atoms with Gasteiger partial charge in [0.2, 0.25) is 0 Å². The summed E-state index contributed by atoms with van der Waals surface area (Å²) in [6.07, 6.45) is 4.01. The molecule has 0 aliphatic heterocycles. The van der Waals surface area contributed by atoms with Crippen molar-refractivity contribution in [1.29, 1.82) is 0 Å². The Balaban J connectivity index is 0.00000176. The average Bonchev–Trinajstić information content (AvgIpc) is 2.53. The van der Waals surface area contributed by atoms with Gasteiger partial charge >= 0.3 is 35.5 Å². The molecule has 0 unspecified atom stereocenters. The predicted octanol–water partition coefficient (Wildman–Crippen LogP) is 4.06. The van der Waals surface area contributed by atoms with Gasteiger partial charge in [-0.2, -0.15) is 0 Å². The molecule has 0 aromatic heterocycles. The molecule has 3 rings (SSSR count). The van der Waals surface area contributed by atoms with Gasteiger partial charge in [-0.1, -0.05) is 60.7 Å². The van der Waals surface area contributed by atoms with E-state index in [2.05, 4.69) is 30.3 Å². The van der Waals surface area contributed by atoms with Gasteiger partial charge in [0, 0.05) is 0 Å². The Morgan fingerprint density at radius 2 is 1.36 bits per heavy atom. The Labute approximate surface area is 151 Å². The van der Waals surface area contributed by atoms with E-state index in [9.17, 15) is 4.79 Å². The summed E-state index contributed by atoms with van der Waals surface area (Å²) in [5.41, 5.74) is 2.40. The van der Waals surface area contributed by atoms with Crippen LogP contribution in [0.2, 0.25) is 0 Å². The van der Waals surface area contributed by atoms with Crippen LogP contribution in [0.1, 0.15) is 21.5 Å². The van der Waals surface area contributed by atoms with Crippen molar-refractivity contribution < 1.29 is 9.90 Å². The second-order valence-electron chi connectivity index (χ2n) is 4.87. The van der Waals surface area contributed by atoms with Gasteiger partial charge in [-0.15, -0.1) is 0 Å². The molecule has 0 heterocycles. The number of fused-ring (bicyclic) bond motifs is 1.